The Balaban J connectivity index is 2.32. The van der Waals surface area contributed by atoms with Crippen molar-refractivity contribution in [2.75, 3.05) is 13.1 Å². The minimum atomic E-state index is -4.91. The molecule has 0 aromatic heterocycles. The first-order valence-corrected chi connectivity index (χ1v) is 6.65. The fraction of sp³-hybridized carbons (Fsp3) is 0.231. The lowest BCUT2D eigenvalue weighted by molar-refractivity contribution is -0.173. The van der Waals surface area contributed by atoms with Gasteiger partial charge in [0.15, 0.2) is 0 Å². The molecule has 114 valence electrons. The molecular weight excluding hydrogens is 353 g/mol. The van der Waals surface area contributed by atoms with E-state index in [1.807, 2.05) is 12.1 Å². The largest absolute Gasteiger partial charge is 0.471 e. The molecule has 0 unspecified atom stereocenters. The van der Waals surface area contributed by atoms with Crippen molar-refractivity contribution < 1.29 is 22.8 Å². The van der Waals surface area contributed by atoms with Crippen LogP contribution in [0.15, 0.2) is 34.8 Å². The van der Waals surface area contributed by atoms with E-state index in [1.165, 1.54) is 6.08 Å². The Morgan fingerprint density at radius 2 is 1.76 bits per heavy atom. The summed E-state index contributed by atoms with van der Waals surface area (Å²) in [5.41, 5.74) is 0.790. The van der Waals surface area contributed by atoms with Crippen LogP contribution in [0.2, 0.25) is 0 Å². The molecule has 0 atom stereocenters. The molecule has 1 rings (SSSR count). The molecule has 0 aliphatic carbocycles. The number of carbonyl (C=O) groups excluding carboxylic acids is 2. The predicted octanol–water partition coefficient (Wildman–Crippen LogP) is 2.26. The van der Waals surface area contributed by atoms with Crippen LogP contribution in [0.3, 0.4) is 0 Å². The van der Waals surface area contributed by atoms with E-state index < -0.39 is 18.0 Å². The summed E-state index contributed by atoms with van der Waals surface area (Å²) in [6.45, 7) is -0.395. The average molecular weight is 365 g/mol. The molecule has 0 bridgehead atoms. The molecule has 8 heteroatoms. The van der Waals surface area contributed by atoms with E-state index in [0.717, 1.165) is 10.0 Å². The number of amides is 2. The van der Waals surface area contributed by atoms with Gasteiger partial charge in [-0.05, 0) is 17.7 Å². The second-order valence-corrected chi connectivity index (χ2v) is 4.75. The molecule has 1 aromatic carbocycles. The molecule has 1 aromatic rings. The Labute approximate surface area is 127 Å². The van der Waals surface area contributed by atoms with Crippen molar-refractivity contribution in [3.8, 4) is 0 Å². The molecule has 0 spiro atoms. The SMILES string of the molecule is O=C(/C=C/c1ccccc1Br)NCCNC(=O)C(F)(F)F. The average Bonchev–Trinajstić information content (AvgIpc) is 2.41. The van der Waals surface area contributed by atoms with E-state index in [4.69, 9.17) is 0 Å². The van der Waals surface area contributed by atoms with Crippen molar-refractivity contribution in [1.82, 2.24) is 10.6 Å². The van der Waals surface area contributed by atoms with Gasteiger partial charge in [-0.3, -0.25) is 9.59 Å². The fourth-order valence-corrected chi connectivity index (χ4v) is 1.71. The molecule has 0 saturated heterocycles. The highest BCUT2D eigenvalue weighted by Gasteiger charge is 2.38. The zero-order valence-electron chi connectivity index (χ0n) is 10.7. The Morgan fingerprint density at radius 3 is 2.38 bits per heavy atom. The van der Waals surface area contributed by atoms with Gasteiger partial charge in [0.1, 0.15) is 0 Å². The first-order chi connectivity index (χ1) is 9.80. The summed E-state index contributed by atoms with van der Waals surface area (Å²) >= 11 is 3.31. The molecule has 4 nitrogen and oxygen atoms in total. The molecule has 0 saturated carbocycles. The maximum absolute atomic E-state index is 11.9. The van der Waals surface area contributed by atoms with Crippen LogP contribution in [0.25, 0.3) is 6.08 Å². The Hall–Kier alpha value is -1.83. The number of benzene rings is 1. The molecule has 2 N–H and O–H groups in total. The van der Waals surface area contributed by atoms with Crippen molar-refractivity contribution in [3.05, 3.63) is 40.4 Å². The van der Waals surface area contributed by atoms with Crippen molar-refractivity contribution in [1.29, 1.82) is 0 Å². The Bertz CT molecular complexity index is 544. The number of halogens is 4. The highest BCUT2D eigenvalue weighted by Crippen LogP contribution is 2.16. The van der Waals surface area contributed by atoms with Gasteiger partial charge < -0.3 is 10.6 Å². The lowest BCUT2D eigenvalue weighted by Crippen LogP contribution is -2.40. The Morgan fingerprint density at radius 1 is 1.14 bits per heavy atom. The quantitative estimate of drug-likeness (QED) is 0.621. The molecule has 21 heavy (non-hydrogen) atoms. The molecular formula is C13H12BrF3N2O2. The number of rotatable bonds is 5. The van der Waals surface area contributed by atoms with Crippen LogP contribution in [0, 0.1) is 0 Å². The van der Waals surface area contributed by atoms with Gasteiger partial charge in [0.2, 0.25) is 5.91 Å². The van der Waals surface area contributed by atoms with Crippen LogP contribution in [0.5, 0.6) is 0 Å². The molecule has 2 amide bonds. The summed E-state index contributed by atoms with van der Waals surface area (Å²) in [5, 5.41) is 4.01. The van der Waals surface area contributed by atoms with E-state index in [1.54, 1.807) is 23.5 Å². The molecule has 0 aliphatic heterocycles. The minimum Gasteiger partial charge on any atom is -0.351 e. The number of alkyl halides is 3. The van der Waals surface area contributed by atoms with Crippen LogP contribution in [0.4, 0.5) is 13.2 Å². The smallest absolute Gasteiger partial charge is 0.351 e. The number of hydrogen-bond donors (Lipinski definition) is 2. The zero-order chi connectivity index (χ0) is 15.9. The summed E-state index contributed by atoms with van der Waals surface area (Å²) in [4.78, 5) is 21.9. The number of carbonyl (C=O) groups is 2. The topological polar surface area (TPSA) is 58.2 Å². The van der Waals surface area contributed by atoms with E-state index in [9.17, 15) is 22.8 Å². The predicted molar refractivity (Wildman–Crippen MR) is 75.3 cm³/mol. The summed E-state index contributed by atoms with van der Waals surface area (Å²) in [7, 11) is 0. The van der Waals surface area contributed by atoms with Gasteiger partial charge in [0.05, 0.1) is 0 Å². The second-order valence-electron chi connectivity index (χ2n) is 3.90. The number of nitrogens with one attached hydrogen (secondary N) is 2. The van der Waals surface area contributed by atoms with E-state index >= 15 is 0 Å². The van der Waals surface area contributed by atoms with Gasteiger partial charge in [0.25, 0.3) is 0 Å². The van der Waals surface area contributed by atoms with Gasteiger partial charge in [-0.25, -0.2) is 0 Å². The summed E-state index contributed by atoms with van der Waals surface area (Å²) in [6.07, 6.45) is -2.09. The lowest BCUT2D eigenvalue weighted by Gasteiger charge is -2.07. The first-order valence-electron chi connectivity index (χ1n) is 5.86. The standard InChI is InChI=1S/C13H12BrF3N2O2/c14-10-4-2-1-3-9(10)5-6-11(20)18-7-8-19-12(21)13(15,16)17/h1-6H,7-8H2,(H,18,20)(H,19,21)/b6-5+. The van der Waals surface area contributed by atoms with Gasteiger partial charge in [-0.2, -0.15) is 13.2 Å². The van der Waals surface area contributed by atoms with Gasteiger partial charge in [0, 0.05) is 23.6 Å². The van der Waals surface area contributed by atoms with Gasteiger partial charge in [-0.1, -0.05) is 34.1 Å². The first kappa shape index (κ1) is 17.2. The van der Waals surface area contributed by atoms with Crippen molar-refractivity contribution >= 4 is 33.8 Å². The third-order valence-corrected chi connectivity index (χ3v) is 3.01. The van der Waals surface area contributed by atoms with Crippen molar-refractivity contribution in [2.45, 2.75) is 6.18 Å². The van der Waals surface area contributed by atoms with Crippen LogP contribution >= 0.6 is 15.9 Å². The van der Waals surface area contributed by atoms with Crippen LogP contribution in [0.1, 0.15) is 5.56 Å². The highest BCUT2D eigenvalue weighted by molar-refractivity contribution is 9.10. The van der Waals surface area contributed by atoms with Crippen molar-refractivity contribution in [3.63, 3.8) is 0 Å². The van der Waals surface area contributed by atoms with Crippen LogP contribution in [-0.4, -0.2) is 31.1 Å². The Kier molecular flexibility index (Phi) is 6.41. The zero-order valence-corrected chi connectivity index (χ0v) is 12.3. The minimum absolute atomic E-state index is 0.0963. The second kappa shape index (κ2) is 7.82. The van der Waals surface area contributed by atoms with Crippen molar-refractivity contribution in [2.24, 2.45) is 0 Å². The van der Waals surface area contributed by atoms with Crippen LogP contribution in [-0.2, 0) is 9.59 Å². The normalized spacial score (nSPS) is 11.4. The summed E-state index contributed by atoms with van der Waals surface area (Å²) < 4.78 is 36.4. The fourth-order valence-electron chi connectivity index (χ4n) is 1.30. The highest BCUT2D eigenvalue weighted by atomic mass is 79.9. The molecule has 0 aliphatic rings. The lowest BCUT2D eigenvalue weighted by atomic mass is 10.2. The van der Waals surface area contributed by atoms with Crippen LogP contribution < -0.4 is 10.6 Å². The third-order valence-electron chi connectivity index (χ3n) is 2.29. The van der Waals surface area contributed by atoms with E-state index in [2.05, 4.69) is 21.2 Å². The maximum atomic E-state index is 11.9. The van der Waals surface area contributed by atoms with Gasteiger partial charge >= 0.3 is 12.1 Å². The molecule has 0 fully saturated rings. The monoisotopic (exact) mass is 364 g/mol. The van der Waals surface area contributed by atoms with Gasteiger partial charge in [-0.15, -0.1) is 0 Å². The molecule has 0 heterocycles. The number of hydrogen-bond acceptors (Lipinski definition) is 2. The third kappa shape index (κ3) is 6.44. The summed E-state index contributed by atoms with van der Waals surface area (Å²) in [5.74, 6) is -2.49. The maximum Gasteiger partial charge on any atom is 0.471 e. The van der Waals surface area contributed by atoms with E-state index in [-0.39, 0.29) is 13.1 Å². The summed E-state index contributed by atoms with van der Waals surface area (Å²) in [6, 6.07) is 7.22. The van der Waals surface area contributed by atoms with E-state index in [0.29, 0.717) is 0 Å². The molecule has 0 radical (unpaired) electrons.